The molecule has 0 radical (unpaired) electrons. The van der Waals surface area contributed by atoms with Crippen molar-refractivity contribution in [3.63, 3.8) is 0 Å². The Labute approximate surface area is 126 Å². The highest BCUT2D eigenvalue weighted by molar-refractivity contribution is 5.89. The first-order valence-corrected chi connectivity index (χ1v) is 6.05. The summed E-state index contributed by atoms with van der Waals surface area (Å²) in [4.78, 5) is 47.1. The number of carbonyl (C=O) groups is 1. The SMILES string of the molecule is O=C(O)c1ccc(/C=C/c2[nH]c(=O)[nH]c(=O)c2[N+](=O)[O-])c(O)c1. The van der Waals surface area contributed by atoms with E-state index >= 15 is 0 Å². The number of nitro groups is 1. The first kappa shape index (κ1) is 15.7. The van der Waals surface area contributed by atoms with E-state index in [4.69, 9.17) is 5.11 Å². The van der Waals surface area contributed by atoms with Crippen LogP contribution in [0.5, 0.6) is 5.75 Å². The molecule has 0 fully saturated rings. The Kier molecular flexibility index (Phi) is 4.07. The Morgan fingerprint density at radius 1 is 1.22 bits per heavy atom. The molecule has 0 unspecified atom stereocenters. The molecule has 4 N–H and O–H groups in total. The number of nitrogens with one attached hydrogen (secondary N) is 2. The number of aromatic hydroxyl groups is 1. The number of aromatic nitrogens is 2. The molecule has 10 heteroatoms. The number of aromatic carboxylic acids is 1. The maximum Gasteiger partial charge on any atom is 0.357 e. The molecule has 0 spiro atoms. The number of H-pyrrole nitrogens is 2. The number of phenols is 1. The minimum atomic E-state index is -1.23. The minimum absolute atomic E-state index is 0.143. The van der Waals surface area contributed by atoms with Crippen molar-refractivity contribution in [3.05, 3.63) is 66.0 Å². The van der Waals surface area contributed by atoms with Crippen molar-refractivity contribution in [2.75, 3.05) is 0 Å². The lowest BCUT2D eigenvalue weighted by Crippen LogP contribution is -2.25. The number of benzene rings is 1. The standard InChI is InChI=1S/C13H9N3O7/c17-9-5-7(12(19)20)2-1-6(9)3-4-8-10(16(22)23)11(18)15-13(21)14-8/h1-5,17H,(H,19,20)(H2,14,15,18,21)/b4-3+. The first-order chi connectivity index (χ1) is 10.8. The van der Waals surface area contributed by atoms with Crippen LogP contribution in [0.1, 0.15) is 21.6 Å². The third-order valence-corrected chi connectivity index (χ3v) is 2.83. The number of aromatic amines is 2. The average molecular weight is 319 g/mol. The van der Waals surface area contributed by atoms with E-state index in [2.05, 4.69) is 4.98 Å². The van der Waals surface area contributed by atoms with E-state index in [1.54, 1.807) is 4.98 Å². The zero-order valence-electron chi connectivity index (χ0n) is 11.3. The Morgan fingerprint density at radius 3 is 2.48 bits per heavy atom. The van der Waals surface area contributed by atoms with Crippen molar-refractivity contribution in [3.8, 4) is 5.75 Å². The molecule has 0 amide bonds. The van der Waals surface area contributed by atoms with Gasteiger partial charge in [0.25, 0.3) is 0 Å². The lowest BCUT2D eigenvalue weighted by Gasteiger charge is -2.01. The zero-order valence-corrected chi connectivity index (χ0v) is 11.3. The third-order valence-electron chi connectivity index (χ3n) is 2.83. The molecule has 23 heavy (non-hydrogen) atoms. The highest BCUT2D eigenvalue weighted by Gasteiger charge is 2.18. The molecule has 0 bridgehead atoms. The van der Waals surface area contributed by atoms with E-state index in [-0.39, 0.29) is 22.6 Å². The van der Waals surface area contributed by atoms with Crippen LogP contribution in [0.4, 0.5) is 5.69 Å². The van der Waals surface area contributed by atoms with Gasteiger partial charge < -0.3 is 15.2 Å². The maximum absolute atomic E-state index is 11.4. The van der Waals surface area contributed by atoms with E-state index in [9.17, 15) is 29.6 Å². The number of carboxylic acids is 1. The molecule has 0 aliphatic carbocycles. The summed E-state index contributed by atoms with van der Waals surface area (Å²) in [7, 11) is 0. The van der Waals surface area contributed by atoms with Gasteiger partial charge >= 0.3 is 22.9 Å². The second-order valence-corrected chi connectivity index (χ2v) is 4.34. The first-order valence-electron chi connectivity index (χ1n) is 6.05. The largest absolute Gasteiger partial charge is 0.507 e. The Bertz CT molecular complexity index is 939. The van der Waals surface area contributed by atoms with Gasteiger partial charge in [-0.1, -0.05) is 6.07 Å². The lowest BCUT2D eigenvalue weighted by atomic mass is 10.1. The third kappa shape index (κ3) is 3.32. The normalized spacial score (nSPS) is 10.8. The van der Waals surface area contributed by atoms with E-state index in [0.717, 1.165) is 12.1 Å². The molecule has 0 saturated heterocycles. The number of hydrogen-bond acceptors (Lipinski definition) is 6. The topological polar surface area (TPSA) is 166 Å². The summed E-state index contributed by atoms with van der Waals surface area (Å²) in [5.41, 5.74) is -3.30. The highest BCUT2D eigenvalue weighted by atomic mass is 16.6. The summed E-state index contributed by atoms with van der Waals surface area (Å²) < 4.78 is 0. The summed E-state index contributed by atoms with van der Waals surface area (Å²) in [5, 5.41) is 29.4. The summed E-state index contributed by atoms with van der Waals surface area (Å²) in [6.45, 7) is 0. The van der Waals surface area contributed by atoms with Gasteiger partial charge in [-0.3, -0.25) is 19.9 Å². The summed E-state index contributed by atoms with van der Waals surface area (Å²) >= 11 is 0. The van der Waals surface area contributed by atoms with E-state index in [1.807, 2.05) is 0 Å². The predicted molar refractivity (Wildman–Crippen MR) is 78.3 cm³/mol. The van der Waals surface area contributed by atoms with Crippen LogP contribution in [0, 0.1) is 10.1 Å². The molecule has 0 atom stereocenters. The average Bonchev–Trinajstić information content (AvgIpc) is 2.44. The molecule has 0 aliphatic rings. The smallest absolute Gasteiger partial charge is 0.357 e. The zero-order chi connectivity index (χ0) is 17.1. The molecule has 1 heterocycles. The van der Waals surface area contributed by atoms with Crippen LogP contribution in [-0.4, -0.2) is 31.1 Å². The molecule has 118 valence electrons. The lowest BCUT2D eigenvalue weighted by molar-refractivity contribution is -0.386. The van der Waals surface area contributed by atoms with Gasteiger partial charge in [-0.2, -0.15) is 0 Å². The fraction of sp³-hybridized carbons (Fsp3) is 0. The van der Waals surface area contributed by atoms with Crippen molar-refractivity contribution >= 4 is 23.8 Å². The van der Waals surface area contributed by atoms with Crippen molar-refractivity contribution in [1.29, 1.82) is 0 Å². The fourth-order valence-corrected chi connectivity index (χ4v) is 1.79. The maximum atomic E-state index is 11.4. The second kappa shape index (κ2) is 5.97. The molecule has 1 aromatic heterocycles. The second-order valence-electron chi connectivity index (χ2n) is 4.34. The van der Waals surface area contributed by atoms with Crippen molar-refractivity contribution < 1.29 is 19.9 Å². The molecule has 1 aromatic carbocycles. The summed E-state index contributed by atoms with van der Waals surface area (Å²) in [6, 6.07) is 3.49. The number of nitrogens with zero attached hydrogens (tertiary/aromatic N) is 1. The highest BCUT2D eigenvalue weighted by Crippen LogP contribution is 2.22. The van der Waals surface area contributed by atoms with Gasteiger partial charge in [-0.25, -0.2) is 9.59 Å². The van der Waals surface area contributed by atoms with Crippen LogP contribution < -0.4 is 11.2 Å². The number of carboxylic acid groups (broad SMARTS) is 1. The van der Waals surface area contributed by atoms with Crippen LogP contribution in [0.25, 0.3) is 12.2 Å². The van der Waals surface area contributed by atoms with Gasteiger partial charge in [0.15, 0.2) is 0 Å². The molecule has 10 nitrogen and oxygen atoms in total. The van der Waals surface area contributed by atoms with Crippen molar-refractivity contribution in [1.82, 2.24) is 9.97 Å². The molecular formula is C13H9N3O7. The Balaban J connectivity index is 2.49. The van der Waals surface area contributed by atoms with Crippen LogP contribution in [0.2, 0.25) is 0 Å². The number of phenolic OH excluding ortho intramolecular Hbond substituents is 1. The minimum Gasteiger partial charge on any atom is -0.507 e. The molecule has 0 aliphatic heterocycles. The molecule has 2 rings (SSSR count). The molecule has 2 aromatic rings. The molecular weight excluding hydrogens is 310 g/mol. The van der Waals surface area contributed by atoms with Crippen molar-refractivity contribution in [2.45, 2.75) is 0 Å². The fourth-order valence-electron chi connectivity index (χ4n) is 1.79. The van der Waals surface area contributed by atoms with Crippen LogP contribution >= 0.6 is 0 Å². The number of hydrogen-bond donors (Lipinski definition) is 4. The van der Waals surface area contributed by atoms with Gasteiger partial charge in [-0.15, -0.1) is 0 Å². The van der Waals surface area contributed by atoms with Crippen LogP contribution in [0.15, 0.2) is 27.8 Å². The van der Waals surface area contributed by atoms with E-state index < -0.39 is 27.8 Å². The summed E-state index contributed by atoms with van der Waals surface area (Å²) in [5.74, 6) is -1.61. The summed E-state index contributed by atoms with van der Waals surface area (Å²) in [6.07, 6.45) is 2.25. The van der Waals surface area contributed by atoms with Crippen LogP contribution in [-0.2, 0) is 0 Å². The quantitative estimate of drug-likeness (QED) is 0.471. The van der Waals surface area contributed by atoms with Gasteiger partial charge in [-0.05, 0) is 24.3 Å². The van der Waals surface area contributed by atoms with Gasteiger partial charge in [0, 0.05) is 5.56 Å². The van der Waals surface area contributed by atoms with Crippen molar-refractivity contribution in [2.24, 2.45) is 0 Å². The predicted octanol–water partition coefficient (Wildman–Crippen LogP) is 0.546. The van der Waals surface area contributed by atoms with Crippen LogP contribution in [0.3, 0.4) is 0 Å². The van der Waals surface area contributed by atoms with Gasteiger partial charge in [0.05, 0.1) is 10.5 Å². The number of rotatable bonds is 4. The molecule has 0 saturated carbocycles. The van der Waals surface area contributed by atoms with E-state index in [0.29, 0.717) is 0 Å². The van der Waals surface area contributed by atoms with E-state index in [1.165, 1.54) is 18.2 Å². The monoisotopic (exact) mass is 319 g/mol. The van der Waals surface area contributed by atoms with Gasteiger partial charge in [0.2, 0.25) is 0 Å². The Morgan fingerprint density at radius 2 is 1.91 bits per heavy atom. The van der Waals surface area contributed by atoms with Gasteiger partial charge in [0.1, 0.15) is 11.4 Å². The Hall–Kier alpha value is -3.69.